The topological polar surface area (TPSA) is 95.9 Å². The zero-order valence-electron chi connectivity index (χ0n) is 36.4. The molecule has 0 bridgehead atoms. The third kappa shape index (κ3) is 37.5. The summed E-state index contributed by atoms with van der Waals surface area (Å²) in [6, 6.07) is -0.698. The van der Waals surface area contributed by atoms with Gasteiger partial charge in [0.1, 0.15) is 6.10 Å². The predicted molar refractivity (Wildman–Crippen MR) is 232 cm³/mol. The van der Waals surface area contributed by atoms with Crippen molar-refractivity contribution in [1.82, 2.24) is 5.32 Å². The summed E-state index contributed by atoms with van der Waals surface area (Å²) in [6.45, 7) is 6.42. The summed E-state index contributed by atoms with van der Waals surface area (Å²) in [5.74, 6) is -0.484. The minimum absolute atomic E-state index is 0.0722. The Morgan fingerprint density at radius 1 is 0.519 bits per heavy atom. The molecule has 54 heavy (non-hydrogen) atoms. The fourth-order valence-electron chi connectivity index (χ4n) is 7.41. The Hall–Kier alpha value is -1.40. The molecule has 3 N–H and O–H groups in total. The van der Waals surface area contributed by atoms with Crippen molar-refractivity contribution in [1.29, 1.82) is 0 Å². The zero-order valence-corrected chi connectivity index (χ0v) is 36.4. The molecule has 0 saturated heterocycles. The van der Waals surface area contributed by atoms with Crippen LogP contribution in [-0.2, 0) is 14.3 Å². The largest absolute Gasteiger partial charge is 0.462 e. The average Bonchev–Trinajstić information content (AvgIpc) is 3.16. The van der Waals surface area contributed by atoms with Crippen molar-refractivity contribution in [2.75, 3.05) is 6.61 Å². The van der Waals surface area contributed by atoms with Crippen LogP contribution in [0.15, 0.2) is 12.2 Å². The van der Waals surface area contributed by atoms with E-state index in [9.17, 15) is 19.8 Å². The van der Waals surface area contributed by atoms with E-state index < -0.39 is 18.2 Å². The molecule has 0 aromatic heterocycles. The molecule has 3 unspecified atom stereocenters. The third-order valence-electron chi connectivity index (χ3n) is 11.1. The molecule has 0 radical (unpaired) electrons. The van der Waals surface area contributed by atoms with Gasteiger partial charge in [0.2, 0.25) is 5.91 Å². The number of aliphatic hydroxyl groups excluding tert-OH is 2. The molecule has 0 heterocycles. The van der Waals surface area contributed by atoms with Crippen LogP contribution in [0, 0.1) is 0 Å². The van der Waals surface area contributed by atoms with E-state index in [1.54, 1.807) is 0 Å². The number of hydrogen-bond acceptors (Lipinski definition) is 5. The highest BCUT2D eigenvalue weighted by Crippen LogP contribution is 2.18. The van der Waals surface area contributed by atoms with Crippen molar-refractivity contribution in [2.24, 2.45) is 0 Å². The second-order valence-electron chi connectivity index (χ2n) is 16.5. The highest BCUT2D eigenvalue weighted by molar-refractivity contribution is 5.77. The van der Waals surface area contributed by atoms with E-state index in [0.29, 0.717) is 19.3 Å². The lowest BCUT2D eigenvalue weighted by Gasteiger charge is -2.24. The molecule has 6 nitrogen and oxygen atoms in total. The molecule has 0 aromatic carbocycles. The van der Waals surface area contributed by atoms with Crippen LogP contribution in [-0.4, -0.2) is 46.9 Å². The smallest absolute Gasteiger partial charge is 0.306 e. The lowest BCUT2D eigenvalue weighted by atomic mass is 10.0. The maximum absolute atomic E-state index is 13.1. The van der Waals surface area contributed by atoms with E-state index >= 15 is 0 Å². The van der Waals surface area contributed by atoms with Gasteiger partial charge in [-0.15, -0.1) is 0 Å². The van der Waals surface area contributed by atoms with Crippen LogP contribution in [0.5, 0.6) is 0 Å². The second kappa shape index (κ2) is 42.7. The van der Waals surface area contributed by atoms with Crippen LogP contribution in [0.1, 0.15) is 258 Å². The first-order valence-corrected chi connectivity index (χ1v) is 23.9. The number of allylic oxidation sites excluding steroid dienone is 2. The van der Waals surface area contributed by atoms with E-state index in [-0.39, 0.29) is 24.9 Å². The van der Waals surface area contributed by atoms with Crippen molar-refractivity contribution in [3.8, 4) is 0 Å². The van der Waals surface area contributed by atoms with E-state index in [1.807, 2.05) is 0 Å². The van der Waals surface area contributed by atoms with Gasteiger partial charge in [-0.1, -0.05) is 213 Å². The highest BCUT2D eigenvalue weighted by Gasteiger charge is 2.24. The standard InChI is InChI=1S/C48H93NO5/c1-4-7-10-13-16-19-20-21-22-23-24-25-26-29-31-34-37-40-46(51)45(43-50)49-47(52)42-44(39-36-33-30-27-17-14-11-8-5-2)54-48(53)41-38-35-32-28-18-15-12-9-6-3/h14,17,44-46,50-51H,4-13,15-16,18-43H2,1-3H3,(H,49,52)/b17-14-. The van der Waals surface area contributed by atoms with Gasteiger partial charge >= 0.3 is 5.97 Å². The Morgan fingerprint density at radius 3 is 1.37 bits per heavy atom. The summed E-state index contributed by atoms with van der Waals surface area (Å²) >= 11 is 0. The van der Waals surface area contributed by atoms with Crippen LogP contribution in [0.2, 0.25) is 0 Å². The van der Waals surface area contributed by atoms with Crippen molar-refractivity contribution in [3.63, 3.8) is 0 Å². The number of carbonyl (C=O) groups is 2. The number of aliphatic hydroxyl groups is 2. The Bertz CT molecular complexity index is 817. The predicted octanol–water partition coefficient (Wildman–Crippen LogP) is 13.8. The number of nitrogens with one attached hydrogen (secondary N) is 1. The van der Waals surface area contributed by atoms with Gasteiger partial charge in [-0.25, -0.2) is 0 Å². The SMILES string of the molecule is CCCC/C=C\CCCCCC(CC(=O)NC(CO)C(O)CCCCCCCCCCCCCCCCCCC)OC(=O)CCCCCCCCCCC. The quantitative estimate of drug-likeness (QED) is 0.0326. The van der Waals surface area contributed by atoms with E-state index in [0.717, 1.165) is 64.2 Å². The average molecular weight is 764 g/mol. The first-order valence-electron chi connectivity index (χ1n) is 23.9. The molecule has 0 aromatic rings. The van der Waals surface area contributed by atoms with Gasteiger partial charge in [0.05, 0.1) is 25.2 Å². The molecule has 0 aliphatic carbocycles. The Labute approximate surface area is 336 Å². The fraction of sp³-hybridized carbons (Fsp3) is 0.917. The molecule has 0 rings (SSSR count). The molecule has 6 heteroatoms. The molecule has 0 fully saturated rings. The number of rotatable bonds is 43. The lowest BCUT2D eigenvalue weighted by molar-refractivity contribution is -0.151. The van der Waals surface area contributed by atoms with E-state index in [2.05, 4.69) is 38.2 Å². The monoisotopic (exact) mass is 764 g/mol. The van der Waals surface area contributed by atoms with Crippen LogP contribution < -0.4 is 5.32 Å². The summed E-state index contributed by atoms with van der Waals surface area (Å²) in [7, 11) is 0. The molecular weight excluding hydrogens is 671 g/mol. The summed E-state index contributed by atoms with van der Waals surface area (Å²) in [4.78, 5) is 25.9. The van der Waals surface area contributed by atoms with Gasteiger partial charge < -0.3 is 20.3 Å². The molecule has 3 atom stereocenters. The number of esters is 1. The lowest BCUT2D eigenvalue weighted by Crippen LogP contribution is -2.46. The molecule has 0 aliphatic rings. The van der Waals surface area contributed by atoms with E-state index in [1.165, 1.54) is 148 Å². The summed E-state index contributed by atoms with van der Waals surface area (Å²) in [5, 5.41) is 23.7. The van der Waals surface area contributed by atoms with Gasteiger partial charge in [0.25, 0.3) is 0 Å². The first kappa shape index (κ1) is 52.6. The third-order valence-corrected chi connectivity index (χ3v) is 11.1. The minimum atomic E-state index is -0.784. The van der Waals surface area contributed by atoms with Crippen LogP contribution in [0.3, 0.4) is 0 Å². The van der Waals surface area contributed by atoms with Gasteiger partial charge in [0, 0.05) is 6.42 Å². The summed E-state index contributed by atoms with van der Waals surface area (Å²) in [6.07, 6.45) is 45.7. The highest BCUT2D eigenvalue weighted by atomic mass is 16.5. The van der Waals surface area contributed by atoms with Crippen molar-refractivity contribution < 1.29 is 24.5 Å². The number of amides is 1. The summed E-state index contributed by atoms with van der Waals surface area (Å²) < 4.78 is 5.87. The Morgan fingerprint density at radius 2 is 0.907 bits per heavy atom. The molecule has 0 aliphatic heterocycles. The fourth-order valence-corrected chi connectivity index (χ4v) is 7.41. The van der Waals surface area contributed by atoms with E-state index in [4.69, 9.17) is 4.74 Å². The maximum atomic E-state index is 13.1. The van der Waals surface area contributed by atoms with Gasteiger partial charge in [-0.05, 0) is 44.9 Å². The van der Waals surface area contributed by atoms with Crippen molar-refractivity contribution in [3.05, 3.63) is 12.2 Å². The molecule has 320 valence electrons. The second-order valence-corrected chi connectivity index (χ2v) is 16.5. The number of carbonyl (C=O) groups excluding carboxylic acids is 2. The molecule has 1 amide bonds. The van der Waals surface area contributed by atoms with Crippen LogP contribution in [0.4, 0.5) is 0 Å². The van der Waals surface area contributed by atoms with Gasteiger partial charge in [-0.2, -0.15) is 0 Å². The van der Waals surface area contributed by atoms with Crippen LogP contribution >= 0.6 is 0 Å². The Balaban J connectivity index is 4.38. The summed E-state index contributed by atoms with van der Waals surface area (Å²) in [5.41, 5.74) is 0. The number of ether oxygens (including phenoxy) is 1. The molecule has 0 saturated carbocycles. The normalized spacial score (nSPS) is 13.4. The maximum Gasteiger partial charge on any atom is 0.306 e. The minimum Gasteiger partial charge on any atom is -0.462 e. The number of hydrogen-bond donors (Lipinski definition) is 3. The van der Waals surface area contributed by atoms with Gasteiger partial charge in [-0.3, -0.25) is 9.59 Å². The Kier molecular flexibility index (Phi) is 41.6. The van der Waals surface area contributed by atoms with Crippen molar-refractivity contribution >= 4 is 11.9 Å². The van der Waals surface area contributed by atoms with Gasteiger partial charge in [0.15, 0.2) is 0 Å². The zero-order chi connectivity index (χ0) is 39.6. The first-order chi connectivity index (χ1) is 26.5. The number of unbranched alkanes of at least 4 members (excludes halogenated alkanes) is 29. The van der Waals surface area contributed by atoms with Crippen molar-refractivity contribution in [2.45, 2.75) is 277 Å². The van der Waals surface area contributed by atoms with Crippen LogP contribution in [0.25, 0.3) is 0 Å². The molecular formula is C48H93NO5. The molecule has 0 spiro atoms.